The van der Waals surface area contributed by atoms with E-state index in [0.717, 1.165) is 19.1 Å². The van der Waals surface area contributed by atoms with Gasteiger partial charge in [-0.2, -0.15) is 4.31 Å². The van der Waals surface area contributed by atoms with Crippen LogP contribution >= 0.6 is 0 Å². The molecule has 21 heavy (non-hydrogen) atoms. The molecule has 2 rings (SSSR count). The molecule has 1 saturated heterocycles. The maximum atomic E-state index is 11.8. The van der Waals surface area contributed by atoms with Gasteiger partial charge in [-0.25, -0.2) is 8.42 Å². The lowest BCUT2D eigenvalue weighted by atomic mass is 10.1. The first-order chi connectivity index (χ1) is 9.75. The number of carboxylic acid groups (broad SMARTS) is 1. The van der Waals surface area contributed by atoms with Crippen molar-refractivity contribution in [3.63, 3.8) is 0 Å². The summed E-state index contributed by atoms with van der Waals surface area (Å²) in [5, 5.41) is 12.1. The molecule has 8 nitrogen and oxygen atoms in total. The highest BCUT2D eigenvalue weighted by Gasteiger charge is 2.32. The van der Waals surface area contributed by atoms with Crippen molar-refractivity contribution < 1.29 is 23.1 Å². The van der Waals surface area contributed by atoms with E-state index in [1.165, 1.54) is 4.31 Å². The molecule has 1 aliphatic heterocycles. The van der Waals surface area contributed by atoms with Gasteiger partial charge in [0.05, 0.1) is 18.7 Å². The normalized spacial score (nSPS) is 25.3. The second kappa shape index (κ2) is 6.29. The summed E-state index contributed by atoms with van der Waals surface area (Å²) in [5.41, 5.74) is 0. The van der Waals surface area contributed by atoms with Crippen LogP contribution in [-0.2, 0) is 19.6 Å². The van der Waals surface area contributed by atoms with Gasteiger partial charge in [0, 0.05) is 32.2 Å². The highest BCUT2D eigenvalue weighted by atomic mass is 32.2. The second-order valence-corrected chi connectivity index (χ2v) is 7.72. The van der Waals surface area contributed by atoms with E-state index in [4.69, 9.17) is 0 Å². The van der Waals surface area contributed by atoms with Crippen molar-refractivity contribution in [3.8, 4) is 0 Å². The summed E-state index contributed by atoms with van der Waals surface area (Å²) in [6, 6.07) is 0.257. The zero-order valence-electron chi connectivity index (χ0n) is 12.0. The van der Waals surface area contributed by atoms with Crippen LogP contribution in [0.15, 0.2) is 0 Å². The minimum atomic E-state index is -3.43. The summed E-state index contributed by atoms with van der Waals surface area (Å²) in [4.78, 5) is 24.8. The standard InChI is InChI=1S/C12H21N3O5S/c1-21(19,20)15-5-4-14(6-9(7-15)12(17)18)8-11(16)13-10-2-3-10/h9-10H,2-8H2,1H3,(H,13,16)(H,17,18). The van der Waals surface area contributed by atoms with Crippen LogP contribution in [0.1, 0.15) is 12.8 Å². The summed E-state index contributed by atoms with van der Waals surface area (Å²) in [6.07, 6.45) is 3.05. The predicted molar refractivity (Wildman–Crippen MR) is 75.1 cm³/mol. The molecule has 120 valence electrons. The minimum Gasteiger partial charge on any atom is -0.481 e. The molecule has 0 radical (unpaired) electrons. The Balaban J connectivity index is 1.99. The molecule has 1 atom stereocenters. The molecule has 0 spiro atoms. The van der Waals surface area contributed by atoms with Crippen molar-refractivity contribution in [1.29, 1.82) is 0 Å². The Kier molecular flexibility index (Phi) is 4.84. The van der Waals surface area contributed by atoms with Crippen molar-refractivity contribution in [2.24, 2.45) is 5.92 Å². The lowest BCUT2D eigenvalue weighted by Crippen LogP contribution is -2.41. The Morgan fingerprint density at radius 1 is 1.24 bits per heavy atom. The molecule has 1 amide bonds. The number of rotatable bonds is 5. The van der Waals surface area contributed by atoms with Crippen LogP contribution in [-0.4, -0.2) is 79.6 Å². The number of carbonyl (C=O) groups excluding carboxylic acids is 1. The molecular formula is C12H21N3O5S. The smallest absolute Gasteiger partial charge is 0.309 e. The fourth-order valence-electron chi connectivity index (χ4n) is 2.36. The lowest BCUT2D eigenvalue weighted by Gasteiger charge is -2.21. The first-order valence-corrected chi connectivity index (χ1v) is 8.80. The number of nitrogens with zero attached hydrogens (tertiary/aromatic N) is 2. The maximum absolute atomic E-state index is 11.8. The van der Waals surface area contributed by atoms with E-state index in [-0.39, 0.29) is 38.1 Å². The van der Waals surface area contributed by atoms with Crippen molar-refractivity contribution in [1.82, 2.24) is 14.5 Å². The largest absolute Gasteiger partial charge is 0.481 e. The Bertz CT molecular complexity index is 517. The highest BCUT2D eigenvalue weighted by molar-refractivity contribution is 7.88. The van der Waals surface area contributed by atoms with Gasteiger partial charge in [-0.1, -0.05) is 0 Å². The molecule has 2 fully saturated rings. The molecule has 0 bridgehead atoms. The van der Waals surface area contributed by atoms with Gasteiger partial charge in [-0.05, 0) is 12.8 Å². The lowest BCUT2D eigenvalue weighted by molar-refractivity contribution is -0.142. The van der Waals surface area contributed by atoms with Crippen LogP contribution in [0.4, 0.5) is 0 Å². The summed E-state index contributed by atoms with van der Waals surface area (Å²) >= 11 is 0. The molecule has 2 N–H and O–H groups in total. The van der Waals surface area contributed by atoms with E-state index in [0.29, 0.717) is 6.54 Å². The summed E-state index contributed by atoms with van der Waals surface area (Å²) in [6.45, 7) is 0.806. The molecule has 0 aromatic rings. The van der Waals surface area contributed by atoms with Gasteiger partial charge in [0.2, 0.25) is 15.9 Å². The van der Waals surface area contributed by atoms with Crippen LogP contribution in [0, 0.1) is 5.92 Å². The molecular weight excluding hydrogens is 298 g/mol. The fraction of sp³-hybridized carbons (Fsp3) is 0.833. The highest BCUT2D eigenvalue weighted by Crippen LogP contribution is 2.18. The van der Waals surface area contributed by atoms with E-state index in [9.17, 15) is 23.1 Å². The molecule has 1 aliphatic carbocycles. The Morgan fingerprint density at radius 3 is 2.43 bits per heavy atom. The Morgan fingerprint density at radius 2 is 1.90 bits per heavy atom. The molecule has 0 aromatic heterocycles. The quantitative estimate of drug-likeness (QED) is 0.641. The number of carboxylic acids is 1. The van der Waals surface area contributed by atoms with Crippen molar-refractivity contribution >= 4 is 21.9 Å². The SMILES string of the molecule is CS(=O)(=O)N1CCN(CC(=O)NC2CC2)CC(C(=O)O)C1. The average molecular weight is 319 g/mol. The summed E-state index contributed by atoms with van der Waals surface area (Å²) in [7, 11) is -3.43. The zero-order valence-corrected chi connectivity index (χ0v) is 12.8. The average Bonchev–Trinajstić information content (AvgIpc) is 3.14. The van der Waals surface area contributed by atoms with Gasteiger partial charge < -0.3 is 10.4 Å². The topological polar surface area (TPSA) is 107 Å². The zero-order chi connectivity index (χ0) is 15.6. The van der Waals surface area contributed by atoms with Gasteiger partial charge in [0.25, 0.3) is 0 Å². The van der Waals surface area contributed by atoms with Crippen molar-refractivity contribution in [3.05, 3.63) is 0 Å². The number of nitrogens with one attached hydrogen (secondary N) is 1. The van der Waals surface area contributed by atoms with E-state index >= 15 is 0 Å². The number of amides is 1. The Hall–Kier alpha value is -1.19. The predicted octanol–water partition coefficient (Wildman–Crippen LogP) is -1.46. The molecule has 2 aliphatic rings. The molecule has 1 saturated carbocycles. The third-order valence-electron chi connectivity index (χ3n) is 3.70. The van der Waals surface area contributed by atoms with E-state index in [1.807, 2.05) is 0 Å². The first-order valence-electron chi connectivity index (χ1n) is 6.95. The van der Waals surface area contributed by atoms with E-state index in [2.05, 4.69) is 5.32 Å². The van der Waals surface area contributed by atoms with Crippen LogP contribution in [0.2, 0.25) is 0 Å². The molecule has 1 heterocycles. The number of sulfonamides is 1. The summed E-state index contributed by atoms with van der Waals surface area (Å²) < 4.78 is 24.4. The first kappa shape index (κ1) is 16.2. The van der Waals surface area contributed by atoms with Gasteiger partial charge in [-0.15, -0.1) is 0 Å². The van der Waals surface area contributed by atoms with Crippen molar-refractivity contribution in [2.75, 3.05) is 39.0 Å². The van der Waals surface area contributed by atoms with Gasteiger partial charge >= 0.3 is 5.97 Å². The van der Waals surface area contributed by atoms with Crippen molar-refractivity contribution in [2.45, 2.75) is 18.9 Å². The molecule has 0 aromatic carbocycles. The monoisotopic (exact) mass is 319 g/mol. The number of carbonyl (C=O) groups is 2. The maximum Gasteiger partial charge on any atom is 0.309 e. The third-order valence-corrected chi connectivity index (χ3v) is 4.97. The van der Waals surface area contributed by atoms with Crippen LogP contribution < -0.4 is 5.32 Å². The van der Waals surface area contributed by atoms with Crippen LogP contribution in [0.5, 0.6) is 0 Å². The number of hydrogen-bond acceptors (Lipinski definition) is 5. The Labute approximate surface area is 124 Å². The second-order valence-electron chi connectivity index (χ2n) is 5.73. The van der Waals surface area contributed by atoms with Gasteiger partial charge in [0.1, 0.15) is 0 Å². The number of hydrogen-bond donors (Lipinski definition) is 2. The van der Waals surface area contributed by atoms with Gasteiger partial charge in [-0.3, -0.25) is 14.5 Å². The third kappa shape index (κ3) is 4.94. The molecule has 9 heteroatoms. The molecule has 1 unspecified atom stereocenters. The van der Waals surface area contributed by atoms with E-state index in [1.54, 1.807) is 4.90 Å². The van der Waals surface area contributed by atoms with Gasteiger partial charge in [0.15, 0.2) is 0 Å². The fourth-order valence-corrected chi connectivity index (χ4v) is 3.22. The summed E-state index contributed by atoms with van der Waals surface area (Å²) in [5.74, 6) is -2.00. The van der Waals surface area contributed by atoms with Crippen LogP contribution in [0.3, 0.4) is 0 Å². The number of aliphatic carboxylic acids is 1. The van der Waals surface area contributed by atoms with Crippen LogP contribution in [0.25, 0.3) is 0 Å². The van der Waals surface area contributed by atoms with E-state index < -0.39 is 21.9 Å². The minimum absolute atomic E-state index is 0.0467.